The Hall–Kier alpha value is -2.15. The van der Waals surface area contributed by atoms with E-state index in [9.17, 15) is 0 Å². The lowest BCUT2D eigenvalue weighted by atomic mass is 10.0. The standard InChI is InChI=1S/C13H12.C4H8.CH3N/c1-11-7-9-13(10-8-11)12-5-3-2-4-6-12;1-3-4-2;1-2/h2-10H,1H3;3-4H,1-2H3;2H,1H2/b;4-3-;. The Morgan fingerprint density at radius 2 is 1.16 bits per heavy atom. The van der Waals surface area contributed by atoms with Gasteiger partial charge in [0.2, 0.25) is 0 Å². The quantitative estimate of drug-likeness (QED) is 0.512. The van der Waals surface area contributed by atoms with E-state index in [4.69, 9.17) is 5.41 Å². The van der Waals surface area contributed by atoms with Gasteiger partial charge in [-0.05, 0) is 38.6 Å². The van der Waals surface area contributed by atoms with Crippen LogP contribution in [0.15, 0.2) is 66.7 Å². The third kappa shape index (κ3) is 6.99. The summed E-state index contributed by atoms with van der Waals surface area (Å²) in [6.45, 7) is 8.61. The van der Waals surface area contributed by atoms with Crippen molar-refractivity contribution in [3.05, 3.63) is 72.3 Å². The average Bonchev–Trinajstić information content (AvgIpc) is 2.51. The van der Waals surface area contributed by atoms with E-state index < -0.39 is 0 Å². The van der Waals surface area contributed by atoms with E-state index in [-0.39, 0.29) is 0 Å². The van der Waals surface area contributed by atoms with Crippen molar-refractivity contribution >= 4 is 6.72 Å². The van der Waals surface area contributed by atoms with Crippen LogP contribution in [0.25, 0.3) is 11.1 Å². The van der Waals surface area contributed by atoms with Crippen molar-refractivity contribution < 1.29 is 0 Å². The fourth-order valence-corrected chi connectivity index (χ4v) is 1.38. The molecule has 2 aromatic carbocycles. The minimum absolute atomic E-state index is 1.28. The van der Waals surface area contributed by atoms with Crippen LogP contribution >= 0.6 is 0 Å². The second-order valence-corrected chi connectivity index (χ2v) is 3.90. The molecule has 0 radical (unpaired) electrons. The van der Waals surface area contributed by atoms with E-state index >= 15 is 0 Å². The number of rotatable bonds is 1. The van der Waals surface area contributed by atoms with Crippen molar-refractivity contribution in [1.82, 2.24) is 0 Å². The molecule has 2 aromatic rings. The molecule has 0 fully saturated rings. The number of allylic oxidation sites excluding steroid dienone is 2. The molecule has 19 heavy (non-hydrogen) atoms. The smallest absolute Gasteiger partial charge is 0.0184 e. The first-order chi connectivity index (χ1) is 9.27. The van der Waals surface area contributed by atoms with Crippen LogP contribution in [0.5, 0.6) is 0 Å². The van der Waals surface area contributed by atoms with Crippen molar-refractivity contribution in [2.45, 2.75) is 20.8 Å². The third-order valence-electron chi connectivity index (χ3n) is 2.49. The highest BCUT2D eigenvalue weighted by molar-refractivity contribution is 5.63. The van der Waals surface area contributed by atoms with Gasteiger partial charge in [-0.2, -0.15) is 0 Å². The zero-order valence-electron chi connectivity index (χ0n) is 12.1. The van der Waals surface area contributed by atoms with Gasteiger partial charge in [0.1, 0.15) is 0 Å². The van der Waals surface area contributed by atoms with Crippen LogP contribution in [0.4, 0.5) is 0 Å². The minimum atomic E-state index is 1.28. The molecule has 0 saturated heterocycles. The Morgan fingerprint density at radius 1 is 0.737 bits per heavy atom. The summed E-state index contributed by atoms with van der Waals surface area (Å²) in [4.78, 5) is 0. The van der Waals surface area contributed by atoms with E-state index in [0.717, 1.165) is 0 Å². The van der Waals surface area contributed by atoms with Crippen LogP contribution in [0.2, 0.25) is 0 Å². The average molecular weight is 253 g/mol. The zero-order chi connectivity index (χ0) is 14.5. The van der Waals surface area contributed by atoms with Crippen molar-refractivity contribution in [2.24, 2.45) is 0 Å². The van der Waals surface area contributed by atoms with Gasteiger partial charge in [-0.3, -0.25) is 0 Å². The second-order valence-electron chi connectivity index (χ2n) is 3.90. The van der Waals surface area contributed by atoms with Gasteiger partial charge in [0.25, 0.3) is 0 Å². The van der Waals surface area contributed by atoms with Crippen molar-refractivity contribution in [2.75, 3.05) is 0 Å². The first-order valence-electron chi connectivity index (χ1n) is 6.32. The third-order valence-corrected chi connectivity index (χ3v) is 2.49. The van der Waals surface area contributed by atoms with Gasteiger partial charge in [-0.25, -0.2) is 0 Å². The molecule has 0 aliphatic carbocycles. The molecule has 2 rings (SSSR count). The largest absolute Gasteiger partial charge is 0.317 e. The fourth-order valence-electron chi connectivity index (χ4n) is 1.38. The lowest BCUT2D eigenvalue weighted by molar-refractivity contribution is 1.47. The molecule has 0 amide bonds. The first kappa shape index (κ1) is 16.9. The zero-order valence-corrected chi connectivity index (χ0v) is 12.1. The summed E-state index contributed by atoms with van der Waals surface area (Å²) >= 11 is 0. The number of hydrogen-bond acceptors (Lipinski definition) is 1. The molecule has 1 nitrogen and oxygen atoms in total. The second kappa shape index (κ2) is 11.0. The summed E-state index contributed by atoms with van der Waals surface area (Å²) < 4.78 is 0. The Labute approximate surface area is 117 Å². The molecular weight excluding hydrogens is 230 g/mol. The van der Waals surface area contributed by atoms with Crippen LogP contribution in [0, 0.1) is 12.3 Å². The number of aryl methyl sites for hydroxylation is 1. The summed E-state index contributed by atoms with van der Waals surface area (Å²) in [6.07, 6.45) is 4.00. The van der Waals surface area contributed by atoms with Gasteiger partial charge in [-0.1, -0.05) is 72.3 Å². The van der Waals surface area contributed by atoms with Crippen molar-refractivity contribution in [3.63, 3.8) is 0 Å². The molecule has 0 atom stereocenters. The van der Waals surface area contributed by atoms with Gasteiger partial charge in [0, 0.05) is 0 Å². The highest BCUT2D eigenvalue weighted by atomic mass is 14.2. The predicted octanol–water partition coefficient (Wildman–Crippen LogP) is 5.51. The molecule has 100 valence electrons. The molecule has 0 aliphatic rings. The maximum Gasteiger partial charge on any atom is -0.0184 e. The van der Waals surface area contributed by atoms with E-state index in [0.29, 0.717) is 0 Å². The lowest BCUT2D eigenvalue weighted by Crippen LogP contribution is -1.76. The Balaban J connectivity index is 0.000000467. The van der Waals surface area contributed by atoms with Gasteiger partial charge >= 0.3 is 0 Å². The molecule has 0 spiro atoms. The van der Waals surface area contributed by atoms with E-state index in [1.54, 1.807) is 0 Å². The lowest BCUT2D eigenvalue weighted by Gasteiger charge is -2.00. The molecular formula is C18H23N. The van der Waals surface area contributed by atoms with Gasteiger partial charge < -0.3 is 5.41 Å². The van der Waals surface area contributed by atoms with Crippen LogP contribution < -0.4 is 0 Å². The molecule has 1 N–H and O–H groups in total. The van der Waals surface area contributed by atoms with Gasteiger partial charge in [-0.15, -0.1) is 0 Å². The summed E-state index contributed by atoms with van der Waals surface area (Å²) in [5, 5.41) is 5.50. The molecule has 0 bridgehead atoms. The molecule has 0 saturated carbocycles. The van der Waals surface area contributed by atoms with E-state index in [1.165, 1.54) is 16.7 Å². The van der Waals surface area contributed by atoms with Gasteiger partial charge in [0.15, 0.2) is 0 Å². The van der Waals surface area contributed by atoms with Crippen LogP contribution in [-0.2, 0) is 0 Å². The highest BCUT2D eigenvalue weighted by Gasteiger charge is 1.93. The van der Waals surface area contributed by atoms with Crippen LogP contribution in [-0.4, -0.2) is 6.72 Å². The van der Waals surface area contributed by atoms with Crippen LogP contribution in [0.1, 0.15) is 19.4 Å². The van der Waals surface area contributed by atoms with E-state index in [1.807, 2.05) is 32.1 Å². The van der Waals surface area contributed by atoms with Crippen molar-refractivity contribution in [3.8, 4) is 11.1 Å². The topological polar surface area (TPSA) is 23.9 Å². The summed E-state index contributed by atoms with van der Waals surface area (Å²) in [5.74, 6) is 0. The molecule has 0 aromatic heterocycles. The Kier molecular flexibility index (Phi) is 9.73. The number of benzene rings is 2. The number of nitrogens with one attached hydrogen (secondary N) is 1. The highest BCUT2D eigenvalue weighted by Crippen LogP contribution is 2.18. The first-order valence-corrected chi connectivity index (χ1v) is 6.32. The summed E-state index contributed by atoms with van der Waals surface area (Å²) in [6, 6.07) is 19.0. The van der Waals surface area contributed by atoms with Crippen molar-refractivity contribution in [1.29, 1.82) is 5.41 Å². The Morgan fingerprint density at radius 3 is 1.58 bits per heavy atom. The monoisotopic (exact) mass is 253 g/mol. The predicted molar refractivity (Wildman–Crippen MR) is 86.9 cm³/mol. The molecule has 0 heterocycles. The van der Waals surface area contributed by atoms with Crippen LogP contribution in [0.3, 0.4) is 0 Å². The summed E-state index contributed by atoms with van der Waals surface area (Å²) in [7, 11) is 0. The van der Waals surface area contributed by atoms with Gasteiger partial charge in [0.05, 0.1) is 0 Å². The molecule has 0 unspecified atom stereocenters. The maximum absolute atomic E-state index is 5.50. The number of hydrogen-bond donors (Lipinski definition) is 1. The fraction of sp³-hybridized carbons (Fsp3) is 0.167. The molecule has 0 aliphatic heterocycles. The normalized spacial score (nSPS) is 9.00. The molecule has 1 heteroatoms. The van der Waals surface area contributed by atoms with E-state index in [2.05, 4.69) is 62.2 Å². The maximum atomic E-state index is 5.50. The minimum Gasteiger partial charge on any atom is -0.317 e. The Bertz CT molecular complexity index is 451. The summed E-state index contributed by atoms with van der Waals surface area (Å²) in [5.41, 5.74) is 3.87. The SMILES string of the molecule is C/C=C\C.C=N.Cc1ccc(-c2ccccc2)cc1.